The fourth-order valence-corrected chi connectivity index (χ4v) is 2.29. The van der Waals surface area contributed by atoms with Crippen LogP contribution < -0.4 is 4.84 Å². The summed E-state index contributed by atoms with van der Waals surface area (Å²) in [4.78, 5) is 2.66. The van der Waals surface area contributed by atoms with Gasteiger partial charge in [-0.25, -0.2) is 0 Å². The van der Waals surface area contributed by atoms with Gasteiger partial charge in [0.1, 0.15) is 0 Å². The average molecular weight is 282 g/mol. The van der Waals surface area contributed by atoms with Crippen molar-refractivity contribution in [1.29, 1.82) is 0 Å². The number of nitrogens with one attached hydrogen (secondary N) is 1. The van der Waals surface area contributed by atoms with Gasteiger partial charge < -0.3 is 0 Å². The maximum Gasteiger partial charge on any atom is 0.0550 e. The highest BCUT2D eigenvalue weighted by Crippen LogP contribution is 2.23. The summed E-state index contributed by atoms with van der Waals surface area (Å²) in [6, 6.07) is 4.19. The summed E-state index contributed by atoms with van der Waals surface area (Å²) in [7, 11) is 0. The van der Waals surface area contributed by atoms with Crippen LogP contribution in [0, 0.1) is 17.4 Å². The second-order valence-electron chi connectivity index (χ2n) is 2.51. The molecule has 0 heterocycles. The summed E-state index contributed by atoms with van der Waals surface area (Å²) in [6.45, 7) is 4.08. The highest BCUT2D eigenvalue weighted by atomic mass is 127. The van der Waals surface area contributed by atoms with Gasteiger partial charge in [-0.2, -0.15) is 0 Å². The molecule has 0 amide bonds. The van der Waals surface area contributed by atoms with Gasteiger partial charge in [0.05, 0.1) is 5.69 Å². The van der Waals surface area contributed by atoms with Crippen LogP contribution in [0.1, 0.15) is 11.1 Å². The van der Waals surface area contributed by atoms with E-state index in [9.17, 15) is 0 Å². The van der Waals surface area contributed by atoms with Crippen molar-refractivity contribution in [3.05, 3.63) is 26.8 Å². The molecule has 1 rings (SSSR count). The molecule has 0 bridgehead atoms. The van der Waals surface area contributed by atoms with Crippen molar-refractivity contribution in [3.63, 3.8) is 0 Å². The number of aryl methyl sites for hydroxylation is 2. The van der Waals surface area contributed by atoms with Gasteiger partial charge in [0.15, 0.2) is 0 Å². The van der Waals surface area contributed by atoms with Crippen LogP contribution in [-0.4, -0.2) is 0 Å². The molecular formula is C8H9ClIN. The normalized spacial score (nSPS) is 9.82. The standard InChI is InChI=1S/C8H9ClIN/c1-5-3-7(10)4-6(2)8(5)11-9/h3-4,11H,1-2H3. The molecule has 1 aromatic rings. The Balaban J connectivity index is 3.25. The predicted molar refractivity (Wildman–Crippen MR) is 58.1 cm³/mol. The molecule has 0 unspecified atom stereocenters. The van der Waals surface area contributed by atoms with Crippen LogP contribution in [-0.2, 0) is 0 Å². The highest BCUT2D eigenvalue weighted by Gasteiger charge is 2.01. The van der Waals surface area contributed by atoms with Gasteiger partial charge in [0.25, 0.3) is 0 Å². The zero-order chi connectivity index (χ0) is 8.43. The first kappa shape index (κ1) is 9.13. The van der Waals surface area contributed by atoms with Crippen LogP contribution in [0.25, 0.3) is 0 Å². The summed E-state index contributed by atoms with van der Waals surface area (Å²) >= 11 is 7.83. The minimum atomic E-state index is 1.02. The van der Waals surface area contributed by atoms with Crippen LogP contribution in [0.5, 0.6) is 0 Å². The zero-order valence-electron chi connectivity index (χ0n) is 6.41. The van der Waals surface area contributed by atoms with Crippen LogP contribution in [0.2, 0.25) is 0 Å². The van der Waals surface area contributed by atoms with E-state index in [1.807, 2.05) is 13.8 Å². The average Bonchev–Trinajstić information content (AvgIpc) is 1.85. The highest BCUT2D eigenvalue weighted by molar-refractivity contribution is 14.1. The summed E-state index contributed by atoms with van der Waals surface area (Å²) in [5, 5.41) is 0. The molecule has 0 aliphatic heterocycles. The van der Waals surface area contributed by atoms with E-state index < -0.39 is 0 Å². The summed E-state index contributed by atoms with van der Waals surface area (Å²) in [5.74, 6) is 0. The second kappa shape index (κ2) is 3.63. The summed E-state index contributed by atoms with van der Waals surface area (Å²) < 4.78 is 1.24. The molecule has 11 heavy (non-hydrogen) atoms. The minimum absolute atomic E-state index is 1.02. The van der Waals surface area contributed by atoms with Crippen molar-refractivity contribution in [2.45, 2.75) is 13.8 Å². The van der Waals surface area contributed by atoms with Gasteiger partial charge in [0, 0.05) is 15.3 Å². The van der Waals surface area contributed by atoms with E-state index >= 15 is 0 Å². The van der Waals surface area contributed by atoms with Gasteiger partial charge in [-0.1, -0.05) is 0 Å². The van der Waals surface area contributed by atoms with Crippen molar-refractivity contribution in [2.24, 2.45) is 0 Å². The Morgan fingerprint density at radius 2 is 1.73 bits per heavy atom. The molecule has 0 radical (unpaired) electrons. The molecule has 1 nitrogen and oxygen atoms in total. The van der Waals surface area contributed by atoms with Crippen molar-refractivity contribution in [3.8, 4) is 0 Å². The van der Waals surface area contributed by atoms with E-state index in [0.717, 1.165) is 5.69 Å². The summed E-state index contributed by atoms with van der Waals surface area (Å²) in [6.07, 6.45) is 0. The number of anilines is 1. The maximum atomic E-state index is 5.54. The predicted octanol–water partition coefficient (Wildman–Crippen LogP) is 3.47. The molecule has 0 fully saturated rings. The van der Waals surface area contributed by atoms with Crippen molar-refractivity contribution >= 4 is 40.1 Å². The lowest BCUT2D eigenvalue weighted by Crippen LogP contribution is -1.90. The van der Waals surface area contributed by atoms with E-state index in [1.54, 1.807) is 0 Å². The van der Waals surface area contributed by atoms with Gasteiger partial charge in [-0.15, -0.1) is 0 Å². The lowest BCUT2D eigenvalue weighted by atomic mass is 10.1. The largest absolute Gasteiger partial charge is 0.298 e. The van der Waals surface area contributed by atoms with Gasteiger partial charge in [-0.05, 0) is 59.7 Å². The number of hydrogen-bond acceptors (Lipinski definition) is 1. The number of rotatable bonds is 1. The molecule has 0 saturated heterocycles. The van der Waals surface area contributed by atoms with Crippen LogP contribution >= 0.6 is 34.4 Å². The van der Waals surface area contributed by atoms with E-state index in [4.69, 9.17) is 11.8 Å². The van der Waals surface area contributed by atoms with E-state index in [2.05, 4.69) is 39.6 Å². The van der Waals surface area contributed by atoms with Crippen LogP contribution in [0.4, 0.5) is 5.69 Å². The Hall–Kier alpha value is 0.0400. The summed E-state index contributed by atoms with van der Waals surface area (Å²) in [5.41, 5.74) is 3.39. The second-order valence-corrected chi connectivity index (χ2v) is 3.94. The first-order valence-electron chi connectivity index (χ1n) is 3.28. The molecule has 1 aromatic carbocycles. The smallest absolute Gasteiger partial charge is 0.0550 e. The Bertz CT molecular complexity index is 250. The maximum absolute atomic E-state index is 5.54. The monoisotopic (exact) mass is 281 g/mol. The van der Waals surface area contributed by atoms with Crippen molar-refractivity contribution in [1.82, 2.24) is 0 Å². The molecule has 0 aliphatic rings. The Morgan fingerprint density at radius 3 is 2.09 bits per heavy atom. The fraction of sp³-hybridized carbons (Fsp3) is 0.250. The molecular weight excluding hydrogens is 272 g/mol. The first-order valence-corrected chi connectivity index (χ1v) is 4.74. The van der Waals surface area contributed by atoms with Crippen molar-refractivity contribution in [2.75, 3.05) is 4.84 Å². The molecule has 1 N–H and O–H groups in total. The number of hydrogen-bond donors (Lipinski definition) is 1. The van der Waals surface area contributed by atoms with Gasteiger partial charge >= 0.3 is 0 Å². The van der Waals surface area contributed by atoms with E-state index in [1.165, 1.54) is 14.7 Å². The quantitative estimate of drug-likeness (QED) is 0.614. The first-order chi connectivity index (χ1) is 5.15. The third-order valence-corrected chi connectivity index (χ3v) is 2.40. The Kier molecular flexibility index (Phi) is 3.01. The van der Waals surface area contributed by atoms with Gasteiger partial charge in [0.2, 0.25) is 0 Å². The zero-order valence-corrected chi connectivity index (χ0v) is 9.32. The SMILES string of the molecule is Cc1cc(I)cc(C)c1NCl. The lowest BCUT2D eigenvalue weighted by Gasteiger charge is -2.07. The molecule has 0 aliphatic carbocycles. The fourth-order valence-electron chi connectivity index (χ4n) is 1.06. The Morgan fingerprint density at radius 1 is 1.27 bits per heavy atom. The number of halogens is 2. The molecule has 0 aromatic heterocycles. The lowest BCUT2D eigenvalue weighted by molar-refractivity contribution is 1.37. The van der Waals surface area contributed by atoms with E-state index in [-0.39, 0.29) is 0 Å². The molecule has 0 atom stereocenters. The number of benzene rings is 1. The van der Waals surface area contributed by atoms with Gasteiger partial charge in [-0.3, -0.25) is 4.84 Å². The third kappa shape index (κ3) is 1.99. The molecule has 3 heteroatoms. The Labute approximate surface area is 85.4 Å². The third-order valence-electron chi connectivity index (χ3n) is 1.59. The molecule has 0 spiro atoms. The molecule has 0 saturated carbocycles. The topological polar surface area (TPSA) is 12.0 Å². The molecule has 60 valence electrons. The minimum Gasteiger partial charge on any atom is -0.298 e. The van der Waals surface area contributed by atoms with Crippen LogP contribution in [0.15, 0.2) is 12.1 Å². The van der Waals surface area contributed by atoms with Crippen molar-refractivity contribution < 1.29 is 0 Å². The van der Waals surface area contributed by atoms with E-state index in [0.29, 0.717) is 0 Å². The van der Waals surface area contributed by atoms with Crippen LogP contribution in [0.3, 0.4) is 0 Å².